The van der Waals surface area contributed by atoms with Crippen LogP contribution in [0.4, 0.5) is 35.4 Å². The molecule has 0 saturated carbocycles. The second-order valence-corrected chi connectivity index (χ2v) is 3.80. The van der Waals surface area contributed by atoms with E-state index in [0.29, 0.717) is 0 Å². The lowest BCUT2D eigenvalue weighted by Crippen LogP contribution is -2.44. The summed E-state index contributed by atoms with van der Waals surface area (Å²) < 4.78 is 112. The molecule has 0 amide bonds. The lowest BCUT2D eigenvalue weighted by molar-refractivity contribution is -0.232. The minimum absolute atomic E-state index is 2.05. The molecule has 0 radical (unpaired) electrons. The lowest BCUT2D eigenvalue weighted by Gasteiger charge is -2.23. The number of hydrogen-bond donors (Lipinski definition) is 0. The van der Waals surface area contributed by atoms with Crippen LogP contribution in [0.15, 0.2) is 0 Å². The van der Waals surface area contributed by atoms with E-state index in [-0.39, 0.29) is 0 Å². The number of alkyl halides is 6. The Balaban J connectivity index is 4.81. The Kier molecular flexibility index (Phi) is 5.78. The fourth-order valence-electron chi connectivity index (χ4n) is 0.520. The van der Waals surface area contributed by atoms with Crippen molar-refractivity contribution >= 4 is 7.82 Å². The monoisotopic (exact) mass is 298 g/mol. The highest BCUT2D eigenvalue weighted by Crippen LogP contribution is 2.53. The predicted molar refractivity (Wildman–Crippen MR) is 33.8 cm³/mol. The number of rotatable bonds is 7. The molecule has 0 aromatic heterocycles. The summed E-state index contributed by atoms with van der Waals surface area (Å²) in [6, 6.07) is 0. The third-order valence-electron chi connectivity index (χ3n) is 1.28. The van der Waals surface area contributed by atoms with Gasteiger partial charge in [-0.25, -0.2) is 26.7 Å². The Labute approximate surface area is 87.8 Å². The van der Waals surface area contributed by atoms with Crippen molar-refractivity contribution in [3.05, 3.63) is 0 Å². The van der Waals surface area contributed by atoms with E-state index in [4.69, 9.17) is 0 Å². The van der Waals surface area contributed by atoms with Crippen LogP contribution in [0.25, 0.3) is 0 Å². The summed E-state index contributed by atoms with van der Waals surface area (Å²) in [5.74, 6) is -5.53. The van der Waals surface area contributed by atoms with Gasteiger partial charge in [0.05, 0.1) is 0 Å². The molecule has 104 valence electrons. The minimum Gasteiger partial charge on any atom is -0.241 e. The Morgan fingerprint density at radius 1 is 1.00 bits per heavy atom. The van der Waals surface area contributed by atoms with Gasteiger partial charge < -0.3 is 0 Å². The highest BCUT2D eigenvalue weighted by molar-refractivity contribution is 7.48. The maximum absolute atomic E-state index is 12.4. The topological polar surface area (TPSA) is 44.8 Å². The SMILES string of the molecule is O=P(OF)(OF)OC(F)C(F)(F)C(F)C(F)F. The standard InChI is InChI=1S/C4H3F8O4P/c5-1(2(6)7)4(9,10)3(8)14-17(13,15-11)16-12/h1-3H. The maximum Gasteiger partial charge on any atom is 0.540 e. The third kappa shape index (κ3) is 4.05. The summed E-state index contributed by atoms with van der Waals surface area (Å²) in [7, 11) is -6.00. The van der Waals surface area contributed by atoms with Crippen molar-refractivity contribution in [3.63, 3.8) is 0 Å². The second-order valence-electron chi connectivity index (χ2n) is 2.42. The van der Waals surface area contributed by atoms with Crippen molar-refractivity contribution in [2.75, 3.05) is 0 Å². The molecule has 0 aliphatic heterocycles. The summed E-state index contributed by atoms with van der Waals surface area (Å²) >= 11 is 0. The van der Waals surface area contributed by atoms with Gasteiger partial charge in [-0.3, -0.25) is 0 Å². The molecule has 0 aliphatic rings. The molecule has 0 N–H and O–H groups in total. The van der Waals surface area contributed by atoms with E-state index in [1.54, 1.807) is 0 Å². The fraction of sp³-hybridized carbons (Fsp3) is 1.00. The van der Waals surface area contributed by atoms with Crippen LogP contribution in [-0.4, -0.2) is 24.9 Å². The first-order valence-electron chi connectivity index (χ1n) is 3.44. The molecule has 4 nitrogen and oxygen atoms in total. The first-order chi connectivity index (χ1) is 7.60. The fourth-order valence-corrected chi connectivity index (χ4v) is 0.974. The van der Waals surface area contributed by atoms with Gasteiger partial charge >= 0.3 is 13.7 Å². The molecule has 13 heteroatoms. The van der Waals surface area contributed by atoms with Crippen LogP contribution >= 0.6 is 7.82 Å². The highest BCUT2D eigenvalue weighted by Gasteiger charge is 2.57. The van der Waals surface area contributed by atoms with E-state index >= 15 is 0 Å². The molecule has 0 aromatic rings. The molecule has 0 aromatic carbocycles. The molecule has 17 heavy (non-hydrogen) atoms. The summed E-state index contributed by atoms with van der Waals surface area (Å²) in [6.07, 6.45) is -13.1. The molecule has 0 bridgehead atoms. The lowest BCUT2D eigenvalue weighted by atomic mass is 10.2. The zero-order chi connectivity index (χ0) is 13.9. The van der Waals surface area contributed by atoms with Gasteiger partial charge in [0.2, 0.25) is 6.17 Å². The Morgan fingerprint density at radius 2 is 1.41 bits per heavy atom. The van der Waals surface area contributed by atoms with Crippen molar-refractivity contribution in [3.8, 4) is 0 Å². The molecule has 0 spiro atoms. The minimum atomic E-state index is -6.00. The van der Waals surface area contributed by atoms with E-state index in [0.717, 1.165) is 0 Å². The average Bonchev–Trinajstić information content (AvgIpc) is 2.27. The van der Waals surface area contributed by atoms with E-state index in [1.807, 2.05) is 9.46 Å². The highest BCUT2D eigenvalue weighted by atomic mass is 31.2. The van der Waals surface area contributed by atoms with Crippen molar-refractivity contribution in [2.45, 2.75) is 24.9 Å². The number of halogens is 8. The van der Waals surface area contributed by atoms with Crippen molar-refractivity contribution < 1.29 is 53.9 Å². The van der Waals surface area contributed by atoms with Gasteiger partial charge in [0.25, 0.3) is 12.8 Å². The largest absolute Gasteiger partial charge is 0.540 e. The first kappa shape index (κ1) is 16.6. The predicted octanol–water partition coefficient (Wildman–Crippen LogP) is 3.45. The molecule has 2 unspecified atom stereocenters. The van der Waals surface area contributed by atoms with E-state index in [9.17, 15) is 40.0 Å². The van der Waals surface area contributed by atoms with E-state index in [2.05, 4.69) is 4.52 Å². The van der Waals surface area contributed by atoms with Gasteiger partial charge in [0.15, 0.2) is 0 Å². The van der Waals surface area contributed by atoms with Gasteiger partial charge in [-0.05, 0) is 9.05 Å². The number of phosphoric acid groups is 1. The van der Waals surface area contributed by atoms with Crippen LogP contribution in [0.3, 0.4) is 0 Å². The zero-order valence-corrected chi connectivity index (χ0v) is 8.23. The molecule has 2 atom stereocenters. The third-order valence-corrected chi connectivity index (χ3v) is 2.06. The summed E-state index contributed by atoms with van der Waals surface area (Å²) in [5, 5.41) is 0. The summed E-state index contributed by atoms with van der Waals surface area (Å²) in [5.41, 5.74) is 0. The van der Waals surface area contributed by atoms with Gasteiger partial charge in [-0.1, -0.05) is 9.46 Å². The molecular weight excluding hydrogens is 295 g/mol. The quantitative estimate of drug-likeness (QED) is 0.533. The van der Waals surface area contributed by atoms with Gasteiger partial charge in [0, 0.05) is 0 Å². The van der Waals surface area contributed by atoms with Crippen LogP contribution in [-0.2, 0) is 18.5 Å². The average molecular weight is 298 g/mol. The molecule has 0 saturated heterocycles. The Morgan fingerprint density at radius 3 is 1.71 bits per heavy atom. The van der Waals surface area contributed by atoms with Crippen LogP contribution in [0.1, 0.15) is 0 Å². The van der Waals surface area contributed by atoms with Crippen molar-refractivity contribution in [2.24, 2.45) is 0 Å². The van der Waals surface area contributed by atoms with E-state index < -0.39 is 32.7 Å². The van der Waals surface area contributed by atoms with E-state index in [1.165, 1.54) is 0 Å². The van der Waals surface area contributed by atoms with Crippen LogP contribution in [0, 0.1) is 0 Å². The second kappa shape index (κ2) is 5.94. The van der Waals surface area contributed by atoms with Crippen LogP contribution in [0.5, 0.6) is 0 Å². The smallest absolute Gasteiger partial charge is 0.241 e. The number of hydrogen-bond acceptors (Lipinski definition) is 4. The zero-order valence-electron chi connectivity index (χ0n) is 7.34. The molecule has 0 heterocycles. The summed E-state index contributed by atoms with van der Waals surface area (Å²) in [4.78, 5) is 0. The summed E-state index contributed by atoms with van der Waals surface area (Å²) in [6.45, 7) is 0. The maximum atomic E-state index is 12.4. The van der Waals surface area contributed by atoms with Gasteiger partial charge in [-0.15, -0.1) is 0 Å². The van der Waals surface area contributed by atoms with Crippen molar-refractivity contribution in [1.29, 1.82) is 0 Å². The van der Waals surface area contributed by atoms with Gasteiger partial charge in [0.1, 0.15) is 0 Å². The molecule has 0 rings (SSSR count). The molecule has 0 fully saturated rings. The molecule has 0 aliphatic carbocycles. The van der Waals surface area contributed by atoms with Gasteiger partial charge in [-0.2, -0.15) is 8.78 Å². The Hall–Kier alpha value is -0.450. The first-order valence-corrected chi connectivity index (χ1v) is 4.90. The molecular formula is C4H3F8O4P. The normalized spacial score (nSPS) is 17.2. The van der Waals surface area contributed by atoms with Crippen LogP contribution in [0.2, 0.25) is 0 Å². The van der Waals surface area contributed by atoms with Crippen molar-refractivity contribution in [1.82, 2.24) is 0 Å². The Bertz CT molecular complexity index is 279. The van der Waals surface area contributed by atoms with Crippen LogP contribution < -0.4 is 0 Å².